The van der Waals surface area contributed by atoms with E-state index in [1.54, 1.807) is 36.4 Å². The van der Waals surface area contributed by atoms with Crippen LogP contribution < -0.4 is 5.32 Å². The van der Waals surface area contributed by atoms with Crippen molar-refractivity contribution in [1.82, 2.24) is 0 Å². The summed E-state index contributed by atoms with van der Waals surface area (Å²) in [7, 11) is 0. The van der Waals surface area contributed by atoms with Gasteiger partial charge in [-0.2, -0.15) is 0 Å². The molecule has 0 saturated heterocycles. The first-order valence-electron chi connectivity index (χ1n) is 5.77. The largest absolute Gasteiger partial charge is 0.479 e. The van der Waals surface area contributed by atoms with Crippen molar-refractivity contribution in [3.8, 4) is 0 Å². The third kappa shape index (κ3) is 4.27. The molecular weight excluding hydrogens is 400 g/mol. The molecule has 1 atom stereocenters. The number of rotatable bonds is 4. The van der Waals surface area contributed by atoms with Crippen LogP contribution in [0.15, 0.2) is 40.9 Å². The average molecular weight is 409 g/mol. The highest BCUT2D eigenvalue weighted by atomic mass is 79.9. The Balaban J connectivity index is 2.35. The van der Waals surface area contributed by atoms with Crippen LogP contribution in [0.1, 0.15) is 11.6 Å². The Morgan fingerprint density at radius 2 is 1.71 bits per heavy atom. The van der Waals surface area contributed by atoms with Crippen LogP contribution in [0.4, 0.5) is 5.69 Å². The zero-order valence-electron chi connectivity index (χ0n) is 10.4. The summed E-state index contributed by atoms with van der Waals surface area (Å²) in [5.74, 6) is -1.04. The average Bonchev–Trinajstić information content (AvgIpc) is 2.38. The first-order chi connectivity index (χ1) is 9.86. The van der Waals surface area contributed by atoms with Crippen molar-refractivity contribution in [3.05, 3.63) is 61.5 Å². The third-order valence-electron chi connectivity index (χ3n) is 2.70. The summed E-state index contributed by atoms with van der Waals surface area (Å²) in [5, 5.41) is 13.6. The first kappa shape index (κ1) is 16.4. The minimum Gasteiger partial charge on any atom is -0.479 e. The van der Waals surface area contributed by atoms with E-state index in [0.29, 0.717) is 30.8 Å². The molecule has 0 aliphatic carbocycles. The highest BCUT2D eigenvalue weighted by Crippen LogP contribution is 2.30. The highest BCUT2D eigenvalue weighted by Gasteiger charge is 2.21. The van der Waals surface area contributed by atoms with E-state index in [4.69, 9.17) is 34.8 Å². The summed E-state index contributed by atoms with van der Waals surface area (Å²) in [6.45, 7) is 0. The first-order valence-corrected chi connectivity index (χ1v) is 7.70. The van der Waals surface area contributed by atoms with Gasteiger partial charge in [0.05, 0.1) is 5.02 Å². The maximum atomic E-state index is 11.5. The van der Waals surface area contributed by atoms with E-state index in [1.165, 1.54) is 0 Å². The van der Waals surface area contributed by atoms with Crippen LogP contribution in [0.25, 0.3) is 0 Å². The van der Waals surface area contributed by atoms with Crippen molar-refractivity contribution >= 4 is 62.4 Å². The molecule has 0 amide bonds. The molecule has 0 aliphatic heterocycles. The van der Waals surface area contributed by atoms with Gasteiger partial charge in [-0.3, -0.25) is 0 Å². The van der Waals surface area contributed by atoms with Gasteiger partial charge in [0.15, 0.2) is 6.04 Å². The summed E-state index contributed by atoms with van der Waals surface area (Å²) in [4.78, 5) is 11.5. The van der Waals surface area contributed by atoms with Gasteiger partial charge in [0.25, 0.3) is 0 Å². The lowest BCUT2D eigenvalue weighted by molar-refractivity contribution is -0.138. The molecule has 0 bridgehead atoms. The molecule has 0 spiro atoms. The summed E-state index contributed by atoms with van der Waals surface area (Å²) < 4.78 is 0.669. The van der Waals surface area contributed by atoms with E-state index in [2.05, 4.69) is 21.2 Å². The van der Waals surface area contributed by atoms with Gasteiger partial charge in [-0.25, -0.2) is 4.79 Å². The van der Waals surface area contributed by atoms with Crippen LogP contribution in [-0.4, -0.2) is 11.1 Å². The molecule has 0 aliphatic rings. The number of anilines is 1. The number of halogens is 4. The van der Waals surface area contributed by atoms with Crippen molar-refractivity contribution < 1.29 is 9.90 Å². The lowest BCUT2D eigenvalue weighted by Gasteiger charge is -2.17. The number of hydrogen-bond acceptors (Lipinski definition) is 2. The normalized spacial score (nSPS) is 12.0. The quantitative estimate of drug-likeness (QED) is 0.686. The molecule has 0 radical (unpaired) electrons. The van der Waals surface area contributed by atoms with Gasteiger partial charge in [-0.05, 0) is 57.9 Å². The van der Waals surface area contributed by atoms with Gasteiger partial charge in [0, 0.05) is 20.2 Å². The number of nitrogens with one attached hydrogen (secondary N) is 1. The number of carboxylic acids is 1. The zero-order valence-corrected chi connectivity index (χ0v) is 14.3. The second-order valence-corrected chi connectivity index (χ2v) is 6.38. The highest BCUT2D eigenvalue weighted by molar-refractivity contribution is 9.10. The van der Waals surface area contributed by atoms with Gasteiger partial charge >= 0.3 is 5.97 Å². The van der Waals surface area contributed by atoms with E-state index in [9.17, 15) is 9.90 Å². The van der Waals surface area contributed by atoms with Gasteiger partial charge < -0.3 is 10.4 Å². The zero-order chi connectivity index (χ0) is 15.6. The molecule has 21 heavy (non-hydrogen) atoms. The fourth-order valence-electron chi connectivity index (χ4n) is 1.78. The Labute approximate surface area is 145 Å². The van der Waals surface area contributed by atoms with Crippen LogP contribution in [-0.2, 0) is 4.79 Å². The molecule has 2 rings (SSSR count). The van der Waals surface area contributed by atoms with E-state index in [-0.39, 0.29) is 0 Å². The van der Waals surface area contributed by atoms with Crippen LogP contribution >= 0.6 is 50.7 Å². The van der Waals surface area contributed by atoms with E-state index in [1.807, 2.05) is 0 Å². The second kappa shape index (κ2) is 6.88. The smallest absolute Gasteiger partial charge is 0.330 e. The van der Waals surface area contributed by atoms with Crippen molar-refractivity contribution in [2.24, 2.45) is 0 Å². The van der Waals surface area contributed by atoms with Gasteiger partial charge in [-0.15, -0.1) is 0 Å². The lowest BCUT2D eigenvalue weighted by Crippen LogP contribution is -2.20. The maximum absolute atomic E-state index is 11.5. The fraction of sp³-hybridized carbons (Fsp3) is 0.0714. The number of aliphatic carboxylic acids is 1. The van der Waals surface area contributed by atoms with Crippen molar-refractivity contribution in [1.29, 1.82) is 0 Å². The molecular formula is C14H9BrCl3NO2. The van der Waals surface area contributed by atoms with Gasteiger partial charge in [0.1, 0.15) is 0 Å². The number of hydrogen-bond donors (Lipinski definition) is 2. The van der Waals surface area contributed by atoms with E-state index >= 15 is 0 Å². The second-order valence-electron chi connectivity index (χ2n) is 4.25. The molecule has 2 N–H and O–H groups in total. The number of benzene rings is 2. The molecule has 0 heterocycles. The van der Waals surface area contributed by atoms with Crippen LogP contribution in [0.2, 0.25) is 15.1 Å². The fourth-order valence-corrected chi connectivity index (χ4v) is 2.82. The summed E-state index contributed by atoms with van der Waals surface area (Å²) in [5.41, 5.74) is 1.07. The Morgan fingerprint density at radius 1 is 1.10 bits per heavy atom. The van der Waals surface area contributed by atoms with Crippen molar-refractivity contribution in [2.45, 2.75) is 6.04 Å². The number of carbonyl (C=O) groups is 1. The molecule has 110 valence electrons. The van der Waals surface area contributed by atoms with Crippen molar-refractivity contribution in [2.75, 3.05) is 5.32 Å². The molecule has 3 nitrogen and oxygen atoms in total. The predicted molar refractivity (Wildman–Crippen MR) is 89.6 cm³/mol. The Bertz CT molecular complexity index is 674. The van der Waals surface area contributed by atoms with Gasteiger partial charge in [-0.1, -0.05) is 34.8 Å². The van der Waals surface area contributed by atoms with Crippen LogP contribution in [0.5, 0.6) is 0 Å². The van der Waals surface area contributed by atoms with Crippen molar-refractivity contribution in [3.63, 3.8) is 0 Å². The molecule has 2 aromatic rings. The molecule has 0 aromatic heterocycles. The van der Waals surface area contributed by atoms with Crippen LogP contribution in [0, 0.1) is 0 Å². The summed E-state index contributed by atoms with van der Waals surface area (Å²) in [6.07, 6.45) is 0. The lowest BCUT2D eigenvalue weighted by atomic mass is 10.1. The van der Waals surface area contributed by atoms with E-state index < -0.39 is 12.0 Å². The Morgan fingerprint density at radius 3 is 2.24 bits per heavy atom. The maximum Gasteiger partial charge on any atom is 0.330 e. The molecule has 7 heteroatoms. The molecule has 1 unspecified atom stereocenters. The minimum absolute atomic E-state index is 0.378. The topological polar surface area (TPSA) is 49.3 Å². The minimum atomic E-state index is -1.04. The summed E-state index contributed by atoms with van der Waals surface area (Å²) in [6, 6.07) is 8.74. The SMILES string of the molecule is O=C(O)C(Nc1ccc(Cl)c(Br)c1)c1cc(Cl)cc(Cl)c1. The molecule has 0 saturated carbocycles. The predicted octanol–water partition coefficient (Wildman–Crippen LogP) is 5.65. The Hall–Kier alpha value is -0.940. The summed E-state index contributed by atoms with van der Waals surface area (Å²) >= 11 is 21.0. The van der Waals surface area contributed by atoms with Crippen LogP contribution in [0.3, 0.4) is 0 Å². The third-order valence-corrected chi connectivity index (χ3v) is 4.35. The van der Waals surface area contributed by atoms with E-state index in [0.717, 1.165) is 0 Å². The number of carboxylic acid groups (broad SMARTS) is 1. The van der Waals surface area contributed by atoms with Gasteiger partial charge in [0.2, 0.25) is 0 Å². The Kier molecular flexibility index (Phi) is 5.38. The monoisotopic (exact) mass is 407 g/mol. The molecule has 0 fully saturated rings. The standard InChI is InChI=1S/C14H9BrCl3NO2/c15-11-6-10(1-2-12(11)18)19-13(14(20)21)7-3-8(16)5-9(17)4-7/h1-6,13,19H,(H,20,21). The molecule has 2 aromatic carbocycles.